The number of benzene rings is 1. The van der Waals surface area contributed by atoms with E-state index in [9.17, 15) is 4.79 Å². The Hall–Kier alpha value is -1.35. The Morgan fingerprint density at radius 3 is 2.53 bits per heavy atom. The van der Waals surface area contributed by atoms with Gasteiger partial charge in [-0.05, 0) is 36.1 Å². The van der Waals surface area contributed by atoms with Crippen molar-refractivity contribution >= 4 is 11.6 Å². The van der Waals surface area contributed by atoms with E-state index in [-0.39, 0.29) is 5.91 Å². The highest BCUT2D eigenvalue weighted by Crippen LogP contribution is 2.33. The summed E-state index contributed by atoms with van der Waals surface area (Å²) in [5, 5.41) is 3.41. The van der Waals surface area contributed by atoms with Crippen molar-refractivity contribution in [1.82, 2.24) is 5.32 Å². The van der Waals surface area contributed by atoms with Crippen molar-refractivity contribution in [3.63, 3.8) is 0 Å². The fourth-order valence-electron chi connectivity index (χ4n) is 2.80. The summed E-state index contributed by atoms with van der Waals surface area (Å²) in [6, 6.07) is 6.75. The van der Waals surface area contributed by atoms with Gasteiger partial charge in [-0.1, -0.05) is 32.9 Å². The summed E-state index contributed by atoms with van der Waals surface area (Å²) in [6.07, 6.45) is 0.534. The van der Waals surface area contributed by atoms with Gasteiger partial charge in [-0.3, -0.25) is 4.79 Å². The lowest BCUT2D eigenvalue weighted by Gasteiger charge is -2.27. The molecule has 1 aromatic carbocycles. The topological polar surface area (TPSA) is 32.3 Å². The van der Waals surface area contributed by atoms with Crippen molar-refractivity contribution in [2.24, 2.45) is 11.8 Å². The van der Waals surface area contributed by atoms with Gasteiger partial charge in [0.2, 0.25) is 5.91 Å². The van der Waals surface area contributed by atoms with Crippen LogP contribution >= 0.6 is 0 Å². The molecule has 0 radical (unpaired) electrons. The molecule has 2 unspecified atom stereocenters. The first kappa shape index (κ1) is 14.1. The lowest BCUT2D eigenvalue weighted by molar-refractivity contribution is -0.117. The van der Waals surface area contributed by atoms with Crippen molar-refractivity contribution in [2.45, 2.75) is 33.2 Å². The Labute approximate surface area is 116 Å². The maximum absolute atomic E-state index is 11.7. The van der Waals surface area contributed by atoms with E-state index in [1.54, 1.807) is 4.90 Å². The fraction of sp³-hybridized carbons (Fsp3) is 0.562. The van der Waals surface area contributed by atoms with Crippen molar-refractivity contribution < 1.29 is 4.79 Å². The number of hydrogen-bond acceptors (Lipinski definition) is 2. The summed E-state index contributed by atoms with van der Waals surface area (Å²) in [5.74, 6) is 1.36. The first-order valence-corrected chi connectivity index (χ1v) is 7.02. The molecule has 1 aliphatic rings. The Balaban J connectivity index is 2.32. The van der Waals surface area contributed by atoms with E-state index < -0.39 is 0 Å². The number of likely N-dealkylation sites (N-methyl/N-ethyl adjacent to an activating group) is 1. The molecule has 0 bridgehead atoms. The van der Waals surface area contributed by atoms with E-state index in [0.29, 0.717) is 24.3 Å². The van der Waals surface area contributed by atoms with Gasteiger partial charge in [0, 0.05) is 18.8 Å². The second-order valence-electron chi connectivity index (χ2n) is 5.89. The summed E-state index contributed by atoms with van der Waals surface area (Å²) >= 11 is 0. The van der Waals surface area contributed by atoms with Crippen LogP contribution in [-0.4, -0.2) is 20.0 Å². The van der Waals surface area contributed by atoms with Gasteiger partial charge in [-0.2, -0.15) is 0 Å². The van der Waals surface area contributed by atoms with Gasteiger partial charge in [-0.25, -0.2) is 0 Å². The van der Waals surface area contributed by atoms with Crippen molar-refractivity contribution in [3.05, 3.63) is 29.3 Å². The van der Waals surface area contributed by atoms with Gasteiger partial charge in [0.15, 0.2) is 0 Å². The van der Waals surface area contributed by atoms with Gasteiger partial charge in [0.25, 0.3) is 0 Å². The lowest BCUT2D eigenvalue weighted by Crippen LogP contribution is -2.26. The third kappa shape index (κ3) is 2.52. The monoisotopic (exact) mass is 260 g/mol. The van der Waals surface area contributed by atoms with Crippen LogP contribution in [0.2, 0.25) is 0 Å². The maximum Gasteiger partial charge on any atom is 0.231 e. The average Bonchev–Trinajstić information content (AvgIpc) is 2.65. The molecule has 2 atom stereocenters. The molecular weight excluding hydrogens is 236 g/mol. The standard InChI is InChI=1S/C16H24N2O/c1-10(2)11(3)16(17-4)12-6-7-14-13(8-12)9-15(19)18(14)5/h6-8,10-11,16-17H,9H2,1-5H3. The third-order valence-corrected chi connectivity index (χ3v) is 4.43. The highest BCUT2D eigenvalue weighted by molar-refractivity contribution is 6.00. The number of nitrogens with zero attached hydrogens (tertiary/aromatic N) is 1. The summed E-state index contributed by atoms with van der Waals surface area (Å²) in [5.41, 5.74) is 3.49. The van der Waals surface area contributed by atoms with Gasteiger partial charge in [0.05, 0.1) is 6.42 Å². The van der Waals surface area contributed by atoms with Crippen LogP contribution < -0.4 is 10.2 Å². The van der Waals surface area contributed by atoms with Crippen LogP contribution in [0.5, 0.6) is 0 Å². The zero-order valence-corrected chi connectivity index (χ0v) is 12.5. The number of anilines is 1. The van der Waals surface area contributed by atoms with E-state index in [0.717, 1.165) is 11.3 Å². The molecule has 0 spiro atoms. The molecule has 0 saturated carbocycles. The SMILES string of the molecule is CNC(c1ccc2c(c1)CC(=O)N2C)C(C)C(C)C. The highest BCUT2D eigenvalue weighted by atomic mass is 16.2. The smallest absolute Gasteiger partial charge is 0.231 e. The largest absolute Gasteiger partial charge is 0.315 e. The van der Waals surface area contributed by atoms with Crippen molar-refractivity contribution in [3.8, 4) is 0 Å². The number of nitrogens with one attached hydrogen (secondary N) is 1. The zero-order valence-electron chi connectivity index (χ0n) is 12.5. The second kappa shape index (κ2) is 5.33. The molecule has 0 aromatic heterocycles. The number of amides is 1. The van der Waals surface area contributed by atoms with Crippen LogP contribution in [0.4, 0.5) is 5.69 Å². The van der Waals surface area contributed by atoms with Gasteiger partial charge in [0.1, 0.15) is 0 Å². The normalized spacial score (nSPS) is 17.8. The Bertz CT molecular complexity index is 482. The highest BCUT2D eigenvalue weighted by Gasteiger charge is 2.26. The molecule has 19 heavy (non-hydrogen) atoms. The number of hydrogen-bond donors (Lipinski definition) is 1. The lowest BCUT2D eigenvalue weighted by atomic mass is 9.85. The third-order valence-electron chi connectivity index (χ3n) is 4.43. The van der Waals surface area contributed by atoms with Crippen molar-refractivity contribution in [1.29, 1.82) is 0 Å². The van der Waals surface area contributed by atoms with Crippen LogP contribution in [0.25, 0.3) is 0 Å². The van der Waals surface area contributed by atoms with Crippen LogP contribution in [-0.2, 0) is 11.2 Å². The van der Waals surface area contributed by atoms with E-state index >= 15 is 0 Å². The molecule has 3 heteroatoms. The summed E-state index contributed by atoms with van der Waals surface area (Å²) < 4.78 is 0. The van der Waals surface area contributed by atoms with Crippen LogP contribution in [0.15, 0.2) is 18.2 Å². The molecule has 0 saturated heterocycles. The zero-order chi connectivity index (χ0) is 14.2. The molecule has 1 amide bonds. The summed E-state index contributed by atoms with van der Waals surface area (Å²) in [6.45, 7) is 6.77. The number of fused-ring (bicyclic) bond motifs is 1. The first-order valence-electron chi connectivity index (χ1n) is 7.02. The second-order valence-corrected chi connectivity index (χ2v) is 5.89. The molecule has 1 N–H and O–H groups in total. The number of carbonyl (C=O) groups is 1. The fourth-order valence-corrected chi connectivity index (χ4v) is 2.80. The minimum absolute atomic E-state index is 0.185. The van der Waals surface area contributed by atoms with Gasteiger partial charge < -0.3 is 10.2 Å². The Morgan fingerprint density at radius 2 is 1.95 bits per heavy atom. The minimum atomic E-state index is 0.185. The molecule has 0 fully saturated rings. The van der Waals surface area contributed by atoms with Gasteiger partial charge in [-0.15, -0.1) is 0 Å². The molecule has 1 aliphatic heterocycles. The van der Waals surface area contributed by atoms with E-state index in [2.05, 4.69) is 44.3 Å². The molecule has 104 valence electrons. The van der Waals surface area contributed by atoms with Crippen LogP contribution in [0.1, 0.15) is 37.9 Å². The van der Waals surface area contributed by atoms with E-state index in [1.807, 2.05) is 14.1 Å². The Kier molecular flexibility index (Phi) is 3.95. The quantitative estimate of drug-likeness (QED) is 0.903. The molecule has 1 aromatic rings. The number of carbonyl (C=O) groups excluding carboxylic acids is 1. The van der Waals surface area contributed by atoms with Crippen molar-refractivity contribution in [2.75, 3.05) is 19.0 Å². The summed E-state index contributed by atoms with van der Waals surface area (Å²) in [7, 11) is 3.86. The summed E-state index contributed by atoms with van der Waals surface area (Å²) in [4.78, 5) is 13.5. The molecule has 2 rings (SSSR count). The molecule has 0 aliphatic carbocycles. The van der Waals surface area contributed by atoms with E-state index in [1.165, 1.54) is 5.56 Å². The number of rotatable bonds is 4. The minimum Gasteiger partial charge on any atom is -0.315 e. The maximum atomic E-state index is 11.7. The Morgan fingerprint density at radius 1 is 1.26 bits per heavy atom. The van der Waals surface area contributed by atoms with Crippen LogP contribution in [0.3, 0.4) is 0 Å². The molecular formula is C16H24N2O. The van der Waals surface area contributed by atoms with E-state index in [4.69, 9.17) is 0 Å². The molecule has 1 heterocycles. The first-order chi connectivity index (χ1) is 8.95. The van der Waals surface area contributed by atoms with Crippen LogP contribution in [0, 0.1) is 11.8 Å². The molecule has 3 nitrogen and oxygen atoms in total. The average molecular weight is 260 g/mol. The van der Waals surface area contributed by atoms with Gasteiger partial charge >= 0.3 is 0 Å². The predicted octanol–water partition coefficient (Wildman–Crippen LogP) is 2.76. The predicted molar refractivity (Wildman–Crippen MR) is 79.4 cm³/mol.